The van der Waals surface area contributed by atoms with E-state index >= 15 is 0 Å². The molecule has 0 saturated carbocycles. The third-order valence-corrected chi connectivity index (χ3v) is 2.63. The van der Waals surface area contributed by atoms with Crippen molar-refractivity contribution in [2.75, 3.05) is 0 Å². The number of aliphatic imine (C=N–C) groups is 1. The molecule has 1 aromatic carbocycles. The Labute approximate surface area is 100 Å². The molecule has 1 heterocycles. The molecule has 0 aliphatic rings. The molecule has 2 rings (SSSR count). The Hall–Kier alpha value is -1.90. The zero-order valence-electron chi connectivity index (χ0n) is 10.3. The minimum Gasteiger partial charge on any atom is -0.321 e. The van der Waals surface area contributed by atoms with Gasteiger partial charge in [-0.1, -0.05) is 18.2 Å². The number of aryl methyl sites for hydroxylation is 1. The zero-order valence-corrected chi connectivity index (χ0v) is 10.3. The van der Waals surface area contributed by atoms with Crippen LogP contribution < -0.4 is 5.56 Å². The van der Waals surface area contributed by atoms with E-state index in [0.29, 0.717) is 5.56 Å². The van der Waals surface area contributed by atoms with Crippen LogP contribution in [0.25, 0.3) is 10.9 Å². The number of hydrogen-bond acceptors (Lipinski definition) is 2. The van der Waals surface area contributed by atoms with E-state index in [9.17, 15) is 4.79 Å². The highest BCUT2D eigenvalue weighted by atomic mass is 16.1. The third kappa shape index (κ3) is 2.44. The van der Waals surface area contributed by atoms with Crippen molar-refractivity contribution < 1.29 is 0 Å². The van der Waals surface area contributed by atoms with E-state index in [0.717, 1.165) is 16.5 Å². The number of rotatable bonds is 2. The molecule has 0 radical (unpaired) electrons. The summed E-state index contributed by atoms with van der Waals surface area (Å²) in [6.45, 7) is 5.95. The van der Waals surface area contributed by atoms with E-state index in [1.165, 1.54) is 0 Å². The van der Waals surface area contributed by atoms with Crippen molar-refractivity contribution in [3.63, 3.8) is 0 Å². The molecule has 0 aliphatic heterocycles. The van der Waals surface area contributed by atoms with Crippen LogP contribution in [0.15, 0.2) is 34.1 Å². The van der Waals surface area contributed by atoms with Crippen LogP contribution >= 0.6 is 0 Å². The van der Waals surface area contributed by atoms with Crippen molar-refractivity contribution in [3.8, 4) is 0 Å². The van der Waals surface area contributed by atoms with E-state index in [2.05, 4.69) is 9.98 Å². The Morgan fingerprint density at radius 3 is 2.82 bits per heavy atom. The maximum atomic E-state index is 11.9. The van der Waals surface area contributed by atoms with Gasteiger partial charge in [-0.15, -0.1) is 0 Å². The second-order valence-corrected chi connectivity index (χ2v) is 4.46. The predicted octanol–water partition coefficient (Wildman–Crippen LogP) is 2.66. The molecule has 0 atom stereocenters. The molecule has 0 saturated heterocycles. The summed E-state index contributed by atoms with van der Waals surface area (Å²) in [7, 11) is 0. The molecule has 3 nitrogen and oxygen atoms in total. The second-order valence-electron chi connectivity index (χ2n) is 4.46. The van der Waals surface area contributed by atoms with Crippen molar-refractivity contribution in [2.45, 2.75) is 26.8 Å². The minimum absolute atomic E-state index is 0.0869. The highest BCUT2D eigenvalue weighted by molar-refractivity contribution is 5.88. The third-order valence-electron chi connectivity index (χ3n) is 2.63. The highest BCUT2D eigenvalue weighted by Crippen LogP contribution is 2.14. The van der Waals surface area contributed by atoms with E-state index < -0.39 is 0 Å². The second kappa shape index (κ2) is 4.53. The Morgan fingerprint density at radius 1 is 1.35 bits per heavy atom. The molecule has 17 heavy (non-hydrogen) atoms. The van der Waals surface area contributed by atoms with Gasteiger partial charge >= 0.3 is 0 Å². The first kappa shape index (κ1) is 11.6. The first-order valence-electron chi connectivity index (χ1n) is 5.74. The molecule has 88 valence electrons. The van der Waals surface area contributed by atoms with Crippen molar-refractivity contribution >= 4 is 17.1 Å². The Morgan fingerprint density at radius 2 is 2.12 bits per heavy atom. The summed E-state index contributed by atoms with van der Waals surface area (Å²) in [5.74, 6) is 0. The van der Waals surface area contributed by atoms with Crippen molar-refractivity contribution in [1.82, 2.24) is 4.98 Å². The van der Waals surface area contributed by atoms with E-state index in [1.807, 2.05) is 45.0 Å². The van der Waals surface area contributed by atoms with Gasteiger partial charge in [-0.3, -0.25) is 9.79 Å². The molecular formula is C14H16N2O. The summed E-state index contributed by atoms with van der Waals surface area (Å²) in [5.41, 5.74) is 2.50. The average Bonchev–Trinajstić information content (AvgIpc) is 2.28. The standard InChI is InChI=1S/C14H16N2O/c1-9(2)15-8-12-7-11-6-4-5-10(3)13(11)16-14(12)17/h4-9H,1-3H3,(H,16,17). The van der Waals surface area contributed by atoms with Gasteiger partial charge < -0.3 is 4.98 Å². The van der Waals surface area contributed by atoms with Gasteiger partial charge in [0, 0.05) is 12.3 Å². The molecule has 0 amide bonds. The fraction of sp³-hybridized carbons (Fsp3) is 0.286. The van der Waals surface area contributed by atoms with Crippen molar-refractivity contribution in [3.05, 3.63) is 45.7 Å². The van der Waals surface area contributed by atoms with E-state index in [1.54, 1.807) is 6.21 Å². The number of H-pyrrole nitrogens is 1. The largest absolute Gasteiger partial charge is 0.321 e. The molecule has 3 heteroatoms. The molecule has 2 aromatic rings. The van der Waals surface area contributed by atoms with Crippen LogP contribution in [0.2, 0.25) is 0 Å². The number of para-hydroxylation sites is 1. The molecule has 0 bridgehead atoms. The van der Waals surface area contributed by atoms with Crippen LogP contribution in [0.1, 0.15) is 25.0 Å². The lowest BCUT2D eigenvalue weighted by atomic mass is 10.1. The van der Waals surface area contributed by atoms with Gasteiger partial charge in [0.25, 0.3) is 5.56 Å². The topological polar surface area (TPSA) is 45.2 Å². The highest BCUT2D eigenvalue weighted by Gasteiger charge is 2.02. The van der Waals surface area contributed by atoms with Crippen LogP contribution in [-0.2, 0) is 0 Å². The lowest BCUT2D eigenvalue weighted by Gasteiger charge is -2.02. The summed E-state index contributed by atoms with van der Waals surface area (Å²) in [4.78, 5) is 19.0. The van der Waals surface area contributed by atoms with E-state index in [-0.39, 0.29) is 11.6 Å². The normalized spacial score (nSPS) is 11.8. The first-order valence-corrected chi connectivity index (χ1v) is 5.74. The smallest absolute Gasteiger partial charge is 0.257 e. The van der Waals surface area contributed by atoms with Gasteiger partial charge in [-0.2, -0.15) is 0 Å². The number of fused-ring (bicyclic) bond motifs is 1. The van der Waals surface area contributed by atoms with Crippen LogP contribution in [0.3, 0.4) is 0 Å². The van der Waals surface area contributed by atoms with Gasteiger partial charge in [0.1, 0.15) is 0 Å². The van der Waals surface area contributed by atoms with Crippen molar-refractivity contribution in [2.24, 2.45) is 4.99 Å². The van der Waals surface area contributed by atoms with Crippen molar-refractivity contribution in [1.29, 1.82) is 0 Å². The summed E-state index contributed by atoms with van der Waals surface area (Å²) in [6.07, 6.45) is 1.64. The van der Waals surface area contributed by atoms with Crippen LogP contribution in [0.4, 0.5) is 0 Å². The van der Waals surface area contributed by atoms with Crippen LogP contribution in [-0.4, -0.2) is 17.2 Å². The number of nitrogens with one attached hydrogen (secondary N) is 1. The monoisotopic (exact) mass is 228 g/mol. The number of hydrogen-bond donors (Lipinski definition) is 1. The lowest BCUT2D eigenvalue weighted by molar-refractivity contribution is 0.841. The lowest BCUT2D eigenvalue weighted by Crippen LogP contribution is -2.12. The van der Waals surface area contributed by atoms with Crippen LogP contribution in [0.5, 0.6) is 0 Å². The molecule has 0 fully saturated rings. The van der Waals surface area contributed by atoms with Crippen LogP contribution in [0, 0.1) is 6.92 Å². The van der Waals surface area contributed by atoms with Gasteiger partial charge in [0.2, 0.25) is 0 Å². The van der Waals surface area contributed by atoms with Gasteiger partial charge in [0.05, 0.1) is 11.1 Å². The summed E-state index contributed by atoms with van der Waals surface area (Å²) >= 11 is 0. The molecule has 0 aliphatic carbocycles. The molecule has 1 N–H and O–H groups in total. The molecular weight excluding hydrogens is 212 g/mol. The first-order chi connectivity index (χ1) is 8.08. The van der Waals surface area contributed by atoms with Gasteiger partial charge in [0.15, 0.2) is 0 Å². The fourth-order valence-electron chi connectivity index (χ4n) is 1.73. The molecule has 0 spiro atoms. The summed E-state index contributed by atoms with van der Waals surface area (Å²) < 4.78 is 0. The summed E-state index contributed by atoms with van der Waals surface area (Å²) in [5, 5.41) is 1.04. The average molecular weight is 228 g/mol. The summed E-state index contributed by atoms with van der Waals surface area (Å²) in [6, 6.07) is 8.04. The number of pyridine rings is 1. The SMILES string of the molecule is Cc1cccc2cc(C=NC(C)C)c(=O)[nH]c12. The fourth-order valence-corrected chi connectivity index (χ4v) is 1.73. The number of nitrogens with zero attached hydrogens (tertiary/aromatic N) is 1. The Balaban J connectivity index is 2.60. The Kier molecular flexibility index (Phi) is 3.09. The van der Waals surface area contributed by atoms with Gasteiger partial charge in [-0.05, 0) is 37.8 Å². The zero-order chi connectivity index (χ0) is 12.4. The maximum Gasteiger partial charge on any atom is 0.257 e. The molecule has 0 unspecified atom stereocenters. The molecule has 1 aromatic heterocycles. The number of benzene rings is 1. The quantitative estimate of drug-likeness (QED) is 0.789. The maximum absolute atomic E-state index is 11.9. The minimum atomic E-state index is -0.0869. The number of aromatic nitrogens is 1. The predicted molar refractivity (Wildman–Crippen MR) is 72.0 cm³/mol. The van der Waals surface area contributed by atoms with Gasteiger partial charge in [-0.25, -0.2) is 0 Å². The van der Waals surface area contributed by atoms with E-state index in [4.69, 9.17) is 0 Å². The Bertz CT molecular complexity index is 624. The number of aromatic amines is 1.